The van der Waals surface area contributed by atoms with E-state index in [1.807, 2.05) is 20.8 Å². The Morgan fingerprint density at radius 1 is 1.24 bits per heavy atom. The highest BCUT2D eigenvalue weighted by Gasteiger charge is 2.21. The molecule has 1 aromatic carbocycles. The predicted molar refractivity (Wildman–Crippen MR) is 91.3 cm³/mol. The van der Waals surface area contributed by atoms with E-state index in [1.165, 1.54) is 6.20 Å². The van der Waals surface area contributed by atoms with Gasteiger partial charge in [0.2, 0.25) is 5.95 Å². The molecule has 3 rings (SSSR count). The molecule has 0 saturated carbocycles. The third-order valence-corrected chi connectivity index (χ3v) is 3.57. The number of hydrogen-bond acceptors (Lipinski definition) is 3. The first-order chi connectivity index (χ1) is 11.7. The SMILES string of the molecule is CC(C)(C)Cn1c(NC(=O)c2cccnc2)nc2cc(F)c(F)cc21. The second-order valence-corrected chi connectivity index (χ2v) is 7.03. The van der Waals surface area contributed by atoms with Crippen molar-refractivity contribution in [3.05, 3.63) is 53.9 Å². The molecule has 3 aromatic rings. The fourth-order valence-corrected chi connectivity index (χ4v) is 2.52. The summed E-state index contributed by atoms with van der Waals surface area (Å²) < 4.78 is 28.9. The molecule has 0 fully saturated rings. The van der Waals surface area contributed by atoms with E-state index in [2.05, 4.69) is 15.3 Å². The number of carbonyl (C=O) groups excluding carboxylic acids is 1. The van der Waals surface area contributed by atoms with Gasteiger partial charge in [-0.3, -0.25) is 15.1 Å². The number of aromatic nitrogens is 3. The van der Waals surface area contributed by atoms with Gasteiger partial charge in [0.1, 0.15) is 0 Å². The molecule has 2 aromatic heterocycles. The van der Waals surface area contributed by atoms with Gasteiger partial charge in [-0.1, -0.05) is 20.8 Å². The number of amides is 1. The number of nitrogens with zero attached hydrogens (tertiary/aromatic N) is 3. The molecule has 0 spiro atoms. The molecule has 7 heteroatoms. The van der Waals surface area contributed by atoms with Crippen LogP contribution in [-0.4, -0.2) is 20.4 Å². The molecule has 1 amide bonds. The summed E-state index contributed by atoms with van der Waals surface area (Å²) in [5.74, 6) is -2.07. The molecule has 1 N–H and O–H groups in total. The predicted octanol–water partition coefficient (Wildman–Crippen LogP) is 4.01. The average Bonchev–Trinajstić information content (AvgIpc) is 2.84. The summed E-state index contributed by atoms with van der Waals surface area (Å²) in [4.78, 5) is 20.6. The first-order valence-corrected chi connectivity index (χ1v) is 7.81. The van der Waals surface area contributed by atoms with Crippen molar-refractivity contribution in [3.63, 3.8) is 0 Å². The number of halogens is 2. The number of carbonyl (C=O) groups is 1. The lowest BCUT2D eigenvalue weighted by molar-refractivity contribution is 0.102. The maximum Gasteiger partial charge on any atom is 0.259 e. The summed E-state index contributed by atoms with van der Waals surface area (Å²) in [6.45, 7) is 6.49. The van der Waals surface area contributed by atoms with Crippen molar-refractivity contribution in [1.29, 1.82) is 0 Å². The number of nitrogens with one attached hydrogen (secondary N) is 1. The zero-order chi connectivity index (χ0) is 18.2. The number of hydrogen-bond donors (Lipinski definition) is 1. The maximum atomic E-state index is 13.7. The average molecular weight is 344 g/mol. The Kier molecular flexibility index (Phi) is 4.24. The number of imidazole rings is 1. The minimum Gasteiger partial charge on any atom is -0.309 e. The molecule has 130 valence electrons. The van der Waals surface area contributed by atoms with Crippen LogP contribution in [0.2, 0.25) is 0 Å². The van der Waals surface area contributed by atoms with E-state index >= 15 is 0 Å². The number of pyridine rings is 1. The molecule has 0 saturated heterocycles. The highest BCUT2D eigenvalue weighted by molar-refractivity contribution is 6.03. The van der Waals surface area contributed by atoms with Gasteiger partial charge in [-0.2, -0.15) is 0 Å². The van der Waals surface area contributed by atoms with Crippen molar-refractivity contribution in [3.8, 4) is 0 Å². The summed E-state index contributed by atoms with van der Waals surface area (Å²) in [5, 5.41) is 2.71. The molecule has 2 heterocycles. The van der Waals surface area contributed by atoms with Gasteiger partial charge in [0, 0.05) is 31.1 Å². The van der Waals surface area contributed by atoms with Crippen LogP contribution in [0.4, 0.5) is 14.7 Å². The van der Waals surface area contributed by atoms with Gasteiger partial charge in [0.05, 0.1) is 16.6 Å². The Morgan fingerprint density at radius 3 is 2.60 bits per heavy atom. The largest absolute Gasteiger partial charge is 0.309 e. The minimum absolute atomic E-state index is 0.160. The molecule has 0 atom stereocenters. The zero-order valence-electron chi connectivity index (χ0n) is 14.2. The fourth-order valence-electron chi connectivity index (χ4n) is 2.52. The van der Waals surface area contributed by atoms with Gasteiger partial charge in [-0.15, -0.1) is 0 Å². The van der Waals surface area contributed by atoms with E-state index in [0.29, 0.717) is 17.6 Å². The van der Waals surface area contributed by atoms with Crippen molar-refractivity contribution in [2.75, 3.05) is 5.32 Å². The Bertz CT molecular complexity index is 930. The molecular formula is C18H18F2N4O. The van der Waals surface area contributed by atoms with Gasteiger partial charge >= 0.3 is 0 Å². The maximum absolute atomic E-state index is 13.7. The molecule has 25 heavy (non-hydrogen) atoms. The summed E-state index contributed by atoms with van der Waals surface area (Å²) >= 11 is 0. The molecule has 0 radical (unpaired) electrons. The summed E-state index contributed by atoms with van der Waals surface area (Å²) in [7, 11) is 0. The van der Waals surface area contributed by atoms with Crippen LogP contribution in [0.5, 0.6) is 0 Å². The first kappa shape index (κ1) is 17.0. The third-order valence-electron chi connectivity index (χ3n) is 3.57. The zero-order valence-corrected chi connectivity index (χ0v) is 14.2. The highest BCUT2D eigenvalue weighted by atomic mass is 19.2. The lowest BCUT2D eigenvalue weighted by atomic mass is 9.97. The summed E-state index contributed by atoms with van der Waals surface area (Å²) in [6, 6.07) is 5.41. The number of rotatable bonds is 3. The number of benzene rings is 1. The quantitative estimate of drug-likeness (QED) is 0.781. The van der Waals surface area contributed by atoms with E-state index in [1.54, 1.807) is 22.9 Å². The molecule has 0 aliphatic heterocycles. The van der Waals surface area contributed by atoms with E-state index in [9.17, 15) is 13.6 Å². The fraction of sp³-hybridized carbons (Fsp3) is 0.278. The lowest BCUT2D eigenvalue weighted by Crippen LogP contribution is -2.20. The van der Waals surface area contributed by atoms with Crippen LogP contribution in [0.25, 0.3) is 11.0 Å². The van der Waals surface area contributed by atoms with E-state index in [-0.39, 0.29) is 22.8 Å². The Hall–Kier alpha value is -2.83. The van der Waals surface area contributed by atoms with E-state index in [4.69, 9.17) is 0 Å². The van der Waals surface area contributed by atoms with Crippen LogP contribution >= 0.6 is 0 Å². The smallest absolute Gasteiger partial charge is 0.259 e. The molecule has 0 aliphatic carbocycles. The van der Waals surface area contributed by atoms with Gasteiger partial charge in [-0.25, -0.2) is 13.8 Å². The van der Waals surface area contributed by atoms with Crippen molar-refractivity contribution in [2.45, 2.75) is 27.3 Å². The van der Waals surface area contributed by atoms with Gasteiger partial charge < -0.3 is 4.57 Å². The summed E-state index contributed by atoms with van der Waals surface area (Å²) in [6.07, 6.45) is 3.00. The van der Waals surface area contributed by atoms with Crippen LogP contribution in [0.3, 0.4) is 0 Å². The van der Waals surface area contributed by atoms with Crippen LogP contribution in [0, 0.1) is 17.0 Å². The van der Waals surface area contributed by atoms with Crippen molar-refractivity contribution in [2.24, 2.45) is 5.41 Å². The lowest BCUT2D eigenvalue weighted by Gasteiger charge is -2.21. The minimum atomic E-state index is -0.974. The highest BCUT2D eigenvalue weighted by Crippen LogP contribution is 2.27. The second kappa shape index (κ2) is 6.23. The molecule has 0 unspecified atom stereocenters. The van der Waals surface area contributed by atoms with Crippen LogP contribution in [-0.2, 0) is 6.54 Å². The van der Waals surface area contributed by atoms with Crippen LogP contribution in [0.15, 0.2) is 36.7 Å². The Balaban J connectivity index is 2.06. The topological polar surface area (TPSA) is 59.8 Å². The number of anilines is 1. The second-order valence-electron chi connectivity index (χ2n) is 7.03. The first-order valence-electron chi connectivity index (χ1n) is 7.81. The summed E-state index contributed by atoms with van der Waals surface area (Å²) in [5.41, 5.74) is 0.917. The third kappa shape index (κ3) is 3.65. The van der Waals surface area contributed by atoms with E-state index < -0.39 is 11.6 Å². The van der Waals surface area contributed by atoms with Crippen molar-refractivity contribution < 1.29 is 13.6 Å². The Morgan fingerprint density at radius 2 is 1.96 bits per heavy atom. The van der Waals surface area contributed by atoms with Gasteiger partial charge in [0.25, 0.3) is 5.91 Å². The molecule has 5 nitrogen and oxygen atoms in total. The van der Waals surface area contributed by atoms with E-state index in [0.717, 1.165) is 12.1 Å². The Labute approximate surface area is 143 Å². The molecular weight excluding hydrogens is 326 g/mol. The molecule has 0 bridgehead atoms. The normalized spacial score (nSPS) is 11.7. The standard InChI is InChI=1S/C18H18F2N4O/c1-18(2,3)10-24-15-8-13(20)12(19)7-14(15)22-17(24)23-16(25)11-5-4-6-21-9-11/h4-9H,10H2,1-3H3,(H,22,23,25). The monoisotopic (exact) mass is 344 g/mol. The van der Waals surface area contributed by atoms with Crippen molar-refractivity contribution >= 4 is 22.9 Å². The van der Waals surface area contributed by atoms with Gasteiger partial charge in [-0.05, 0) is 17.5 Å². The van der Waals surface area contributed by atoms with Crippen LogP contribution in [0.1, 0.15) is 31.1 Å². The molecule has 0 aliphatic rings. The number of fused-ring (bicyclic) bond motifs is 1. The van der Waals surface area contributed by atoms with Crippen LogP contribution < -0.4 is 5.32 Å². The van der Waals surface area contributed by atoms with Gasteiger partial charge in [0.15, 0.2) is 11.6 Å². The van der Waals surface area contributed by atoms with Crippen molar-refractivity contribution in [1.82, 2.24) is 14.5 Å².